The number of nitriles is 1. The van der Waals surface area contributed by atoms with Gasteiger partial charge in [-0.3, -0.25) is 0 Å². The Morgan fingerprint density at radius 2 is 2.18 bits per heavy atom. The van der Waals surface area contributed by atoms with Crippen molar-refractivity contribution in [3.8, 4) is 11.8 Å². The fourth-order valence-electron chi connectivity index (χ4n) is 1.08. The van der Waals surface area contributed by atoms with Crippen molar-refractivity contribution >= 4 is 19.7 Å². The quantitative estimate of drug-likeness (QED) is 0.790. The predicted molar refractivity (Wildman–Crippen MR) is 53.5 cm³/mol. The third-order valence-electron chi connectivity index (χ3n) is 1.77. The Balaban J connectivity index is 3.65. The lowest BCUT2D eigenvalue weighted by Crippen LogP contribution is -2.05. The lowest BCUT2D eigenvalue weighted by molar-refractivity contribution is 0.146. The molecule has 9 heteroatoms. The van der Waals surface area contributed by atoms with E-state index in [0.29, 0.717) is 0 Å². The van der Waals surface area contributed by atoms with Crippen molar-refractivity contribution < 1.29 is 21.9 Å². The molecule has 0 aromatic carbocycles. The number of aromatic nitrogens is 1. The summed E-state index contributed by atoms with van der Waals surface area (Å²) in [6.07, 6.45) is -3.10. The van der Waals surface area contributed by atoms with Crippen LogP contribution in [0.3, 0.4) is 0 Å². The maximum absolute atomic E-state index is 12.6. The Hall–Kier alpha value is -1.46. The summed E-state index contributed by atoms with van der Waals surface area (Å²) in [5, 5.41) is 7.62. The van der Waals surface area contributed by atoms with E-state index in [1.54, 1.807) is 0 Å². The minimum atomic E-state index is -4.46. The molecule has 0 radical (unpaired) electrons. The van der Waals surface area contributed by atoms with Crippen LogP contribution < -0.4 is 4.74 Å². The van der Waals surface area contributed by atoms with E-state index in [9.17, 15) is 17.2 Å². The highest BCUT2D eigenvalue weighted by molar-refractivity contribution is 8.13. The summed E-state index contributed by atoms with van der Waals surface area (Å²) < 4.78 is 51.9. The third kappa shape index (κ3) is 2.81. The zero-order valence-electron chi connectivity index (χ0n) is 8.32. The second-order valence-corrected chi connectivity index (χ2v) is 5.27. The zero-order chi connectivity index (χ0) is 13.2. The molecule has 92 valence electrons. The van der Waals surface area contributed by atoms with Crippen LogP contribution in [0.1, 0.15) is 17.7 Å². The number of hydrogen-bond donors (Lipinski definition) is 0. The van der Waals surface area contributed by atoms with E-state index in [2.05, 4.69) is 9.72 Å². The van der Waals surface area contributed by atoms with Crippen LogP contribution in [0.25, 0.3) is 0 Å². The Bertz CT molecular complexity index is 583. The van der Waals surface area contributed by atoms with Crippen molar-refractivity contribution in [2.24, 2.45) is 0 Å². The molecule has 1 aromatic rings. The average Bonchev–Trinajstić information content (AvgIpc) is 2.25. The van der Waals surface area contributed by atoms with Gasteiger partial charge >= 0.3 is 0 Å². The molecule has 1 aromatic heterocycles. The molecule has 5 nitrogen and oxygen atoms in total. The van der Waals surface area contributed by atoms with Crippen LogP contribution in [0.4, 0.5) is 8.78 Å². The molecule has 1 heterocycles. The number of pyridine rings is 1. The van der Waals surface area contributed by atoms with Gasteiger partial charge in [0.05, 0.1) is 12.7 Å². The van der Waals surface area contributed by atoms with E-state index >= 15 is 0 Å². The summed E-state index contributed by atoms with van der Waals surface area (Å²) in [5.41, 5.74) is -1.34. The summed E-state index contributed by atoms with van der Waals surface area (Å²) in [4.78, 5) is 3.27. The van der Waals surface area contributed by atoms with E-state index in [0.717, 1.165) is 13.2 Å². The van der Waals surface area contributed by atoms with Crippen LogP contribution >= 0.6 is 10.7 Å². The maximum Gasteiger partial charge on any atom is 0.279 e. The first-order valence-electron chi connectivity index (χ1n) is 4.03. The number of alkyl halides is 2. The van der Waals surface area contributed by atoms with Gasteiger partial charge in [0, 0.05) is 10.7 Å². The number of nitrogens with zero attached hydrogens (tertiary/aromatic N) is 2. The minimum Gasteiger partial charge on any atom is -0.494 e. The van der Waals surface area contributed by atoms with Crippen molar-refractivity contribution in [1.29, 1.82) is 5.26 Å². The highest BCUT2D eigenvalue weighted by Crippen LogP contribution is 2.31. The van der Waals surface area contributed by atoms with Crippen LogP contribution in [-0.4, -0.2) is 20.5 Å². The molecule has 0 atom stereocenters. The number of halogens is 3. The predicted octanol–water partition coefficient (Wildman–Crippen LogP) is 1.83. The summed E-state index contributed by atoms with van der Waals surface area (Å²) >= 11 is 0. The van der Waals surface area contributed by atoms with Crippen molar-refractivity contribution in [1.82, 2.24) is 4.98 Å². The van der Waals surface area contributed by atoms with Crippen LogP contribution in [0.5, 0.6) is 5.75 Å². The molecule has 0 amide bonds. The Morgan fingerprint density at radius 1 is 1.59 bits per heavy atom. The minimum absolute atomic E-state index is 0.244. The van der Waals surface area contributed by atoms with Crippen molar-refractivity contribution in [3.63, 3.8) is 0 Å². The first-order valence-corrected chi connectivity index (χ1v) is 6.34. The third-order valence-corrected chi connectivity index (χ3v) is 3.00. The van der Waals surface area contributed by atoms with Gasteiger partial charge in [-0.05, 0) is 6.07 Å². The fraction of sp³-hybridized carbons (Fsp3) is 0.250. The van der Waals surface area contributed by atoms with Gasteiger partial charge in [-0.1, -0.05) is 0 Å². The molecule has 0 bridgehead atoms. The molecular formula is C8H5ClF2N2O3S. The lowest BCUT2D eigenvalue weighted by atomic mass is 10.2. The SMILES string of the molecule is COc1cc(C(F)F)c(S(=O)(=O)Cl)nc1C#N. The molecule has 0 unspecified atom stereocenters. The molecule has 0 saturated carbocycles. The molecule has 17 heavy (non-hydrogen) atoms. The van der Waals surface area contributed by atoms with E-state index < -0.39 is 31.8 Å². The van der Waals surface area contributed by atoms with Crippen molar-refractivity contribution in [2.45, 2.75) is 11.5 Å². The highest BCUT2D eigenvalue weighted by Gasteiger charge is 2.26. The second kappa shape index (κ2) is 4.81. The Kier molecular flexibility index (Phi) is 3.85. The number of methoxy groups -OCH3 is 1. The fourth-order valence-corrected chi connectivity index (χ4v) is 2.08. The van der Waals surface area contributed by atoms with Gasteiger partial charge in [0.25, 0.3) is 15.5 Å². The van der Waals surface area contributed by atoms with Crippen LogP contribution in [0, 0.1) is 11.3 Å². The average molecular weight is 283 g/mol. The van der Waals surface area contributed by atoms with Gasteiger partial charge in [-0.2, -0.15) is 5.26 Å². The highest BCUT2D eigenvalue weighted by atomic mass is 35.7. The van der Waals surface area contributed by atoms with Gasteiger partial charge in [0.2, 0.25) is 0 Å². The van der Waals surface area contributed by atoms with Gasteiger partial charge in [0.1, 0.15) is 6.07 Å². The van der Waals surface area contributed by atoms with E-state index in [-0.39, 0.29) is 5.75 Å². The number of rotatable bonds is 3. The normalized spacial score (nSPS) is 11.3. The summed E-state index contributed by atoms with van der Waals surface area (Å²) in [7, 11) is 1.64. The molecule has 0 aliphatic rings. The smallest absolute Gasteiger partial charge is 0.279 e. The Labute approximate surface area is 100 Å². The first-order chi connectivity index (χ1) is 7.81. The number of ether oxygens (including phenoxy) is 1. The van der Waals surface area contributed by atoms with Crippen LogP contribution in [-0.2, 0) is 9.05 Å². The molecule has 0 saturated heterocycles. The largest absolute Gasteiger partial charge is 0.494 e. The van der Waals surface area contributed by atoms with E-state index in [1.165, 1.54) is 6.07 Å². The van der Waals surface area contributed by atoms with Gasteiger partial charge in [0.15, 0.2) is 16.5 Å². The monoisotopic (exact) mass is 282 g/mol. The second-order valence-electron chi connectivity index (χ2n) is 2.78. The molecule has 0 spiro atoms. The Morgan fingerprint density at radius 3 is 2.53 bits per heavy atom. The van der Waals surface area contributed by atoms with Crippen molar-refractivity contribution in [2.75, 3.05) is 7.11 Å². The van der Waals surface area contributed by atoms with Gasteiger partial charge in [-0.15, -0.1) is 0 Å². The first kappa shape index (κ1) is 13.6. The maximum atomic E-state index is 12.6. The molecule has 0 aliphatic heterocycles. The van der Waals surface area contributed by atoms with Crippen molar-refractivity contribution in [3.05, 3.63) is 17.3 Å². The molecule has 0 fully saturated rings. The van der Waals surface area contributed by atoms with Gasteiger partial charge in [-0.25, -0.2) is 22.2 Å². The van der Waals surface area contributed by atoms with E-state index in [1.807, 2.05) is 0 Å². The number of hydrogen-bond acceptors (Lipinski definition) is 5. The van der Waals surface area contributed by atoms with Crippen LogP contribution in [0.2, 0.25) is 0 Å². The molecule has 0 N–H and O–H groups in total. The summed E-state index contributed by atoms with van der Waals surface area (Å²) in [6, 6.07) is 2.25. The van der Waals surface area contributed by atoms with Gasteiger partial charge < -0.3 is 4.74 Å². The summed E-state index contributed by atoms with van der Waals surface area (Å²) in [5.74, 6) is -0.244. The lowest BCUT2D eigenvalue weighted by Gasteiger charge is -2.08. The summed E-state index contributed by atoms with van der Waals surface area (Å²) in [6.45, 7) is 0. The molecular weight excluding hydrogens is 278 g/mol. The molecule has 1 rings (SSSR count). The molecule has 0 aliphatic carbocycles. The topological polar surface area (TPSA) is 80.1 Å². The zero-order valence-corrected chi connectivity index (χ0v) is 9.89. The van der Waals surface area contributed by atoms with Crippen LogP contribution in [0.15, 0.2) is 11.1 Å². The van der Waals surface area contributed by atoms with E-state index in [4.69, 9.17) is 15.9 Å². The standard InChI is InChI=1S/C8H5ClF2N2O3S/c1-16-6-2-4(7(10)11)8(17(9,14)15)13-5(6)3-12/h2,7H,1H3.